The number of oxime groups is 1. The fourth-order valence-electron chi connectivity index (χ4n) is 4.09. The van der Waals surface area contributed by atoms with E-state index >= 15 is 0 Å². The van der Waals surface area contributed by atoms with Crippen LogP contribution in [-0.4, -0.2) is 75.9 Å². The van der Waals surface area contributed by atoms with Gasteiger partial charge >= 0.3 is 17.9 Å². The van der Waals surface area contributed by atoms with E-state index in [1.165, 1.54) is 35.3 Å². The molecule has 1 aromatic carbocycles. The zero-order chi connectivity index (χ0) is 33.6. The Labute approximate surface area is 271 Å². The second kappa shape index (κ2) is 14.7. The van der Waals surface area contributed by atoms with Gasteiger partial charge in [0.05, 0.1) is 5.41 Å². The normalized spacial score (nSPS) is 17.9. The molecule has 1 aromatic heterocycles. The van der Waals surface area contributed by atoms with Gasteiger partial charge in [-0.3, -0.25) is 19.3 Å². The van der Waals surface area contributed by atoms with Gasteiger partial charge in [0.2, 0.25) is 6.79 Å². The molecule has 246 valence electrons. The number of nitrogen functional groups attached to an aromatic ring is 1. The highest BCUT2D eigenvalue weighted by Crippen LogP contribution is 2.41. The summed E-state index contributed by atoms with van der Waals surface area (Å²) in [5.74, 6) is -3.93. The lowest BCUT2D eigenvalue weighted by Gasteiger charge is -2.49. The molecule has 2 atom stereocenters. The maximum atomic E-state index is 13.7. The summed E-state index contributed by atoms with van der Waals surface area (Å²) < 4.78 is 29.6. The van der Waals surface area contributed by atoms with E-state index in [0.717, 1.165) is 22.3 Å². The molecular formula is C29H32FN5O9S2. The van der Waals surface area contributed by atoms with Gasteiger partial charge in [0.25, 0.3) is 11.8 Å². The Balaban J connectivity index is 1.54. The van der Waals surface area contributed by atoms with Crippen LogP contribution < -0.4 is 15.8 Å². The number of hydrogen-bond acceptors (Lipinski definition) is 14. The van der Waals surface area contributed by atoms with Crippen LogP contribution >= 0.6 is 23.1 Å². The zero-order valence-corrected chi connectivity index (χ0v) is 27.0. The maximum Gasteiger partial charge on any atom is 0.358 e. The summed E-state index contributed by atoms with van der Waals surface area (Å²) in [7, 11) is 0. The molecular weight excluding hydrogens is 645 g/mol. The Morgan fingerprint density at radius 1 is 1.22 bits per heavy atom. The van der Waals surface area contributed by atoms with Crippen molar-refractivity contribution in [2.45, 2.75) is 52.0 Å². The highest BCUT2D eigenvalue weighted by Gasteiger charge is 2.55. The van der Waals surface area contributed by atoms with Gasteiger partial charge < -0.3 is 30.1 Å². The van der Waals surface area contributed by atoms with E-state index < -0.39 is 59.2 Å². The lowest BCUT2D eigenvalue weighted by Crippen LogP contribution is -2.71. The summed E-state index contributed by atoms with van der Waals surface area (Å²) in [6.45, 7) is 5.77. The number of fused-ring (bicyclic) bond motifs is 1. The summed E-state index contributed by atoms with van der Waals surface area (Å²) in [5, 5.41) is 7.10. The molecule has 3 heterocycles. The molecule has 0 saturated carbocycles. The molecule has 0 spiro atoms. The SMILES string of the molecule is CCCC(=O)ON=C(C(=O)NC1C(=O)N2C(C(=O)OCOC(=O)C(C)(C)C)=C(COc3cccc(F)c3)CS[C@@H]12)c1csc(N)n1. The largest absolute Gasteiger partial charge is 0.489 e. The Kier molecular flexibility index (Phi) is 11.0. The Hall–Kier alpha value is -4.51. The number of carbonyl (C=O) groups is 5. The molecule has 2 amide bonds. The van der Waals surface area contributed by atoms with Crippen molar-refractivity contribution in [3.8, 4) is 5.75 Å². The molecule has 46 heavy (non-hydrogen) atoms. The summed E-state index contributed by atoms with van der Waals surface area (Å²) >= 11 is 2.26. The molecule has 1 unspecified atom stereocenters. The molecule has 0 aliphatic carbocycles. The number of esters is 2. The molecule has 14 nitrogen and oxygen atoms in total. The van der Waals surface area contributed by atoms with Crippen molar-refractivity contribution in [1.29, 1.82) is 0 Å². The third-order valence-corrected chi connectivity index (χ3v) is 8.41. The Morgan fingerprint density at radius 2 is 1.98 bits per heavy atom. The third kappa shape index (κ3) is 8.20. The zero-order valence-electron chi connectivity index (χ0n) is 25.4. The van der Waals surface area contributed by atoms with Crippen molar-refractivity contribution >= 4 is 63.7 Å². The molecule has 4 rings (SSSR count). The number of nitrogens with two attached hydrogens (primary N) is 1. The van der Waals surface area contributed by atoms with E-state index in [-0.39, 0.29) is 46.8 Å². The number of aromatic nitrogens is 1. The molecule has 1 fully saturated rings. The summed E-state index contributed by atoms with van der Waals surface area (Å²) in [4.78, 5) is 74.2. The number of amides is 2. The quantitative estimate of drug-likeness (QED) is 0.0836. The summed E-state index contributed by atoms with van der Waals surface area (Å²) in [6.07, 6.45) is 0.565. The van der Waals surface area contributed by atoms with Gasteiger partial charge in [-0.2, -0.15) is 0 Å². The minimum Gasteiger partial charge on any atom is -0.489 e. The van der Waals surface area contributed by atoms with Gasteiger partial charge in [-0.1, -0.05) is 18.1 Å². The maximum absolute atomic E-state index is 13.7. The number of thiazole rings is 1. The number of benzene rings is 1. The van der Waals surface area contributed by atoms with Gasteiger partial charge in [0.15, 0.2) is 10.8 Å². The molecule has 3 N–H and O–H groups in total. The number of rotatable bonds is 12. The summed E-state index contributed by atoms with van der Waals surface area (Å²) in [6, 6.07) is 4.28. The Morgan fingerprint density at radius 3 is 2.63 bits per heavy atom. The minimum absolute atomic E-state index is 0.0370. The number of thioether (sulfide) groups is 1. The molecule has 0 bridgehead atoms. The van der Waals surface area contributed by atoms with Crippen molar-refractivity contribution in [2.24, 2.45) is 10.6 Å². The molecule has 2 aromatic rings. The third-order valence-electron chi connectivity index (χ3n) is 6.40. The van der Waals surface area contributed by atoms with Crippen molar-refractivity contribution < 1.29 is 47.4 Å². The van der Waals surface area contributed by atoms with Crippen LogP contribution in [0.2, 0.25) is 0 Å². The smallest absolute Gasteiger partial charge is 0.358 e. The van der Waals surface area contributed by atoms with Crippen molar-refractivity contribution in [3.05, 3.63) is 52.4 Å². The van der Waals surface area contributed by atoms with Gasteiger partial charge in [-0.15, -0.1) is 23.1 Å². The fourth-order valence-corrected chi connectivity index (χ4v) is 5.96. The average molecular weight is 678 g/mol. The second-order valence-corrected chi connectivity index (χ2v) is 13.0. The highest BCUT2D eigenvalue weighted by molar-refractivity contribution is 8.00. The number of β-lactam (4-membered cyclic amide) rings is 1. The average Bonchev–Trinajstić information content (AvgIpc) is 3.43. The van der Waals surface area contributed by atoms with Gasteiger partial charge in [-0.25, -0.2) is 19.0 Å². The van der Waals surface area contributed by atoms with E-state index in [2.05, 4.69) is 15.5 Å². The molecule has 1 saturated heterocycles. The standard InChI is InChI=1S/C29H32FN5O9S2/c1-5-7-19(36)44-34-20(18-13-46-28(31)32-18)23(37)33-21-24(38)35-22(26(39)42-14-43-27(40)29(2,3)4)15(12-45-25(21)35)11-41-17-9-6-8-16(30)10-17/h6,8-10,13,21,25H,5,7,11-12,14H2,1-4H3,(H2,31,32)(H,33,37)/t21?,25-/m0/s1. The monoisotopic (exact) mass is 677 g/mol. The van der Waals surface area contributed by atoms with E-state index in [1.54, 1.807) is 27.7 Å². The number of nitrogens with zero attached hydrogens (tertiary/aromatic N) is 3. The minimum atomic E-state index is -1.11. The van der Waals surface area contributed by atoms with E-state index in [1.807, 2.05) is 0 Å². The fraction of sp³-hybridized carbons (Fsp3) is 0.414. The van der Waals surface area contributed by atoms with Crippen molar-refractivity contribution in [3.63, 3.8) is 0 Å². The Bertz CT molecular complexity index is 1590. The van der Waals surface area contributed by atoms with Gasteiger partial charge in [0.1, 0.15) is 41.0 Å². The van der Waals surface area contributed by atoms with Crippen LogP contribution in [0.5, 0.6) is 5.75 Å². The number of ether oxygens (including phenoxy) is 3. The van der Waals surface area contributed by atoms with Crippen molar-refractivity contribution in [1.82, 2.24) is 15.2 Å². The van der Waals surface area contributed by atoms with E-state index in [4.69, 9.17) is 24.8 Å². The first kappa shape index (κ1) is 34.4. The predicted molar refractivity (Wildman–Crippen MR) is 165 cm³/mol. The molecule has 2 aliphatic rings. The molecule has 0 radical (unpaired) electrons. The van der Waals surface area contributed by atoms with Crippen LogP contribution in [0, 0.1) is 11.2 Å². The number of halogens is 1. The number of anilines is 1. The first-order chi connectivity index (χ1) is 21.8. The van der Waals surface area contributed by atoms with Crippen LogP contribution in [0.1, 0.15) is 46.2 Å². The summed E-state index contributed by atoms with van der Waals surface area (Å²) in [5.41, 5.74) is 4.72. The van der Waals surface area contributed by atoms with Crippen LogP contribution in [0.3, 0.4) is 0 Å². The molecule has 17 heteroatoms. The first-order valence-corrected chi connectivity index (χ1v) is 15.9. The van der Waals surface area contributed by atoms with Crippen LogP contribution in [0.25, 0.3) is 0 Å². The van der Waals surface area contributed by atoms with E-state index in [0.29, 0.717) is 12.0 Å². The van der Waals surface area contributed by atoms with Gasteiger partial charge in [-0.05, 0) is 39.3 Å². The number of nitrogens with one attached hydrogen (secondary N) is 1. The van der Waals surface area contributed by atoms with Gasteiger partial charge in [0, 0.05) is 29.2 Å². The highest BCUT2D eigenvalue weighted by atomic mass is 32.2. The number of carbonyl (C=O) groups excluding carboxylic acids is 5. The topological polar surface area (TPSA) is 189 Å². The van der Waals surface area contributed by atoms with E-state index in [9.17, 15) is 28.4 Å². The lowest BCUT2D eigenvalue weighted by molar-refractivity contribution is -0.173. The lowest BCUT2D eigenvalue weighted by atomic mass is 9.98. The van der Waals surface area contributed by atoms with Crippen LogP contribution in [0.15, 0.2) is 46.1 Å². The second-order valence-electron chi connectivity index (χ2n) is 11.0. The predicted octanol–water partition coefficient (Wildman–Crippen LogP) is 2.73. The number of hydrogen-bond donors (Lipinski definition) is 2. The first-order valence-electron chi connectivity index (χ1n) is 14.0. The van der Waals surface area contributed by atoms with Crippen LogP contribution in [-0.2, 0) is 38.3 Å². The van der Waals surface area contributed by atoms with Crippen molar-refractivity contribution in [2.75, 3.05) is 24.9 Å². The van der Waals surface area contributed by atoms with Crippen LogP contribution in [0.4, 0.5) is 9.52 Å². The molecule has 2 aliphatic heterocycles.